The molecule has 144 valence electrons. The van der Waals surface area contributed by atoms with Crippen molar-refractivity contribution in [2.75, 3.05) is 53.6 Å². The van der Waals surface area contributed by atoms with Crippen molar-refractivity contribution in [3.63, 3.8) is 0 Å². The summed E-state index contributed by atoms with van der Waals surface area (Å²) in [6.45, 7) is 5.53. The van der Waals surface area contributed by atoms with Gasteiger partial charge >= 0.3 is 0 Å². The lowest BCUT2D eigenvalue weighted by Crippen LogP contribution is -2.42. The highest BCUT2D eigenvalue weighted by molar-refractivity contribution is 5.79. The third kappa shape index (κ3) is 4.98. The van der Waals surface area contributed by atoms with Gasteiger partial charge in [0.25, 0.3) is 0 Å². The van der Waals surface area contributed by atoms with Crippen LogP contribution in [-0.2, 0) is 16.0 Å². The van der Waals surface area contributed by atoms with Gasteiger partial charge in [-0.15, -0.1) is 0 Å². The number of carbonyl (C=O) groups is 1. The van der Waals surface area contributed by atoms with Gasteiger partial charge in [-0.2, -0.15) is 0 Å². The van der Waals surface area contributed by atoms with Crippen molar-refractivity contribution < 1.29 is 14.3 Å². The quantitative estimate of drug-likeness (QED) is 0.781. The maximum absolute atomic E-state index is 13.0. The van der Waals surface area contributed by atoms with E-state index >= 15 is 0 Å². The Morgan fingerprint density at radius 3 is 2.81 bits per heavy atom. The molecule has 0 bridgehead atoms. The second-order valence-electron chi connectivity index (χ2n) is 7.64. The van der Waals surface area contributed by atoms with Gasteiger partial charge in [-0.1, -0.05) is 18.2 Å². The fourth-order valence-electron chi connectivity index (χ4n) is 4.10. The van der Waals surface area contributed by atoms with Gasteiger partial charge in [-0.3, -0.25) is 4.79 Å². The molecule has 1 amide bonds. The van der Waals surface area contributed by atoms with Crippen molar-refractivity contribution in [2.24, 2.45) is 11.8 Å². The fraction of sp³-hybridized carbons (Fsp3) is 0.667. The van der Waals surface area contributed by atoms with Gasteiger partial charge in [0.15, 0.2) is 0 Å². The van der Waals surface area contributed by atoms with Crippen LogP contribution in [0.1, 0.15) is 24.8 Å². The number of para-hydroxylation sites is 1. The lowest BCUT2D eigenvalue weighted by atomic mass is 9.93. The van der Waals surface area contributed by atoms with Crippen molar-refractivity contribution >= 4 is 5.91 Å². The Balaban J connectivity index is 1.49. The molecule has 1 fully saturated rings. The number of amides is 1. The number of hydrogen-bond donors (Lipinski definition) is 0. The predicted octanol–water partition coefficient (Wildman–Crippen LogP) is 2.44. The molecule has 3 rings (SSSR count). The largest absolute Gasteiger partial charge is 0.493 e. The van der Waals surface area contributed by atoms with E-state index in [4.69, 9.17) is 9.47 Å². The van der Waals surface area contributed by atoms with Crippen LogP contribution < -0.4 is 4.74 Å². The molecule has 5 heteroatoms. The molecule has 0 unspecified atom stereocenters. The molecule has 0 N–H and O–H groups in total. The van der Waals surface area contributed by atoms with E-state index in [1.165, 1.54) is 0 Å². The first-order chi connectivity index (χ1) is 12.7. The molecule has 1 saturated heterocycles. The third-order valence-electron chi connectivity index (χ3n) is 5.74. The summed E-state index contributed by atoms with van der Waals surface area (Å²) in [7, 11) is 3.72. The van der Waals surface area contributed by atoms with Crippen LogP contribution in [0.25, 0.3) is 0 Å². The first-order valence-corrected chi connectivity index (χ1v) is 9.84. The molecule has 0 aliphatic carbocycles. The van der Waals surface area contributed by atoms with Gasteiger partial charge in [0.2, 0.25) is 5.91 Å². The number of methoxy groups -OCH3 is 1. The van der Waals surface area contributed by atoms with Crippen molar-refractivity contribution in [1.29, 1.82) is 0 Å². The molecule has 1 aromatic rings. The predicted molar refractivity (Wildman–Crippen MR) is 102 cm³/mol. The summed E-state index contributed by atoms with van der Waals surface area (Å²) in [6, 6.07) is 8.10. The highest BCUT2D eigenvalue weighted by Gasteiger charge is 2.28. The van der Waals surface area contributed by atoms with Crippen molar-refractivity contribution in [1.82, 2.24) is 9.80 Å². The zero-order valence-corrected chi connectivity index (χ0v) is 16.2. The molecular formula is C21H32N2O3. The molecule has 26 heavy (non-hydrogen) atoms. The van der Waals surface area contributed by atoms with Crippen molar-refractivity contribution in [3.8, 4) is 5.75 Å². The van der Waals surface area contributed by atoms with Crippen LogP contribution in [0.5, 0.6) is 5.75 Å². The van der Waals surface area contributed by atoms with E-state index < -0.39 is 0 Å². The Labute approximate surface area is 157 Å². The molecule has 0 spiro atoms. The van der Waals surface area contributed by atoms with Gasteiger partial charge in [-0.25, -0.2) is 0 Å². The standard InChI is InChI=1S/C21H32N2O3/c1-22(16-17-7-10-23(11-8-17)12-14-25-2)21(24)19-9-13-26-20-6-4-3-5-18(20)15-19/h3-6,17,19H,7-16H2,1-2H3/t19-/m1/s1. The van der Waals surface area contributed by atoms with Crippen LogP contribution >= 0.6 is 0 Å². The highest BCUT2D eigenvalue weighted by Crippen LogP contribution is 2.28. The van der Waals surface area contributed by atoms with E-state index in [0.29, 0.717) is 12.5 Å². The summed E-state index contributed by atoms with van der Waals surface area (Å²) in [5.74, 6) is 1.85. The molecule has 0 saturated carbocycles. The first-order valence-electron chi connectivity index (χ1n) is 9.84. The first kappa shape index (κ1) is 19.2. The van der Waals surface area contributed by atoms with Gasteiger partial charge in [0.1, 0.15) is 5.75 Å². The Bertz CT molecular complexity index is 584. The summed E-state index contributed by atoms with van der Waals surface area (Å²) in [6.07, 6.45) is 3.91. The van der Waals surface area contributed by atoms with Crippen LogP contribution in [0.15, 0.2) is 24.3 Å². The summed E-state index contributed by atoms with van der Waals surface area (Å²) in [5, 5.41) is 0. The van der Waals surface area contributed by atoms with Crippen molar-refractivity contribution in [3.05, 3.63) is 29.8 Å². The number of benzene rings is 1. The number of hydrogen-bond acceptors (Lipinski definition) is 4. The monoisotopic (exact) mass is 360 g/mol. The molecule has 2 aliphatic rings. The number of likely N-dealkylation sites (tertiary alicyclic amines) is 1. The van der Waals surface area contributed by atoms with Crippen LogP contribution in [0.2, 0.25) is 0 Å². The molecule has 0 aromatic heterocycles. The summed E-state index contributed by atoms with van der Waals surface area (Å²) < 4.78 is 11.0. The second kappa shape index (κ2) is 9.38. The molecule has 2 heterocycles. The number of rotatable bonds is 6. The Morgan fingerprint density at radius 1 is 1.27 bits per heavy atom. The molecule has 1 aromatic carbocycles. The van der Waals surface area contributed by atoms with Gasteiger partial charge in [0.05, 0.1) is 13.2 Å². The average molecular weight is 360 g/mol. The highest BCUT2D eigenvalue weighted by atomic mass is 16.5. The van der Waals surface area contributed by atoms with E-state index in [-0.39, 0.29) is 11.8 Å². The number of nitrogens with zero attached hydrogens (tertiary/aromatic N) is 2. The third-order valence-corrected chi connectivity index (χ3v) is 5.74. The molecule has 5 nitrogen and oxygen atoms in total. The minimum absolute atomic E-state index is 0.0328. The molecule has 2 aliphatic heterocycles. The van der Waals surface area contributed by atoms with E-state index in [2.05, 4.69) is 11.0 Å². The Kier molecular flexibility index (Phi) is 6.92. The van der Waals surface area contributed by atoms with Crippen molar-refractivity contribution in [2.45, 2.75) is 25.7 Å². The van der Waals surface area contributed by atoms with Crippen LogP contribution in [0.3, 0.4) is 0 Å². The molecule has 0 radical (unpaired) electrons. The average Bonchev–Trinajstić information content (AvgIpc) is 2.89. The van der Waals surface area contributed by atoms with Gasteiger partial charge < -0.3 is 19.3 Å². The lowest BCUT2D eigenvalue weighted by Gasteiger charge is -2.34. The summed E-state index contributed by atoms with van der Waals surface area (Å²) in [5.41, 5.74) is 1.16. The van der Waals surface area contributed by atoms with Gasteiger partial charge in [0, 0.05) is 33.2 Å². The lowest BCUT2D eigenvalue weighted by molar-refractivity contribution is -0.135. The molecule has 1 atom stereocenters. The minimum Gasteiger partial charge on any atom is -0.493 e. The van der Waals surface area contributed by atoms with Crippen LogP contribution in [-0.4, -0.2) is 69.3 Å². The number of carbonyl (C=O) groups excluding carboxylic acids is 1. The summed E-state index contributed by atoms with van der Waals surface area (Å²) >= 11 is 0. The number of piperidine rings is 1. The van der Waals surface area contributed by atoms with Gasteiger partial charge in [-0.05, 0) is 56.3 Å². The topological polar surface area (TPSA) is 42.0 Å². The van der Waals surface area contributed by atoms with Crippen LogP contribution in [0, 0.1) is 11.8 Å². The zero-order valence-electron chi connectivity index (χ0n) is 16.2. The van der Waals surface area contributed by atoms with E-state index in [1.54, 1.807) is 7.11 Å². The minimum atomic E-state index is 0.0328. The maximum atomic E-state index is 13.0. The SMILES string of the molecule is COCCN1CCC(CN(C)C(=O)[C@@H]2CCOc3ccccc3C2)CC1. The Morgan fingerprint density at radius 2 is 2.04 bits per heavy atom. The zero-order chi connectivity index (χ0) is 18.4. The fourth-order valence-corrected chi connectivity index (χ4v) is 4.10. The molecular weight excluding hydrogens is 328 g/mol. The smallest absolute Gasteiger partial charge is 0.225 e. The Hall–Kier alpha value is -1.59. The van der Waals surface area contributed by atoms with Crippen LogP contribution in [0.4, 0.5) is 0 Å². The van der Waals surface area contributed by atoms with E-state index in [1.807, 2.05) is 30.1 Å². The summed E-state index contributed by atoms with van der Waals surface area (Å²) in [4.78, 5) is 17.4. The number of fused-ring (bicyclic) bond motifs is 1. The van der Waals surface area contributed by atoms with E-state index in [9.17, 15) is 4.79 Å². The second-order valence-corrected chi connectivity index (χ2v) is 7.64. The maximum Gasteiger partial charge on any atom is 0.225 e. The van der Waals surface area contributed by atoms with E-state index in [0.717, 1.165) is 69.8 Å². The number of ether oxygens (including phenoxy) is 2. The normalized spacial score (nSPS) is 21.5.